The lowest BCUT2D eigenvalue weighted by molar-refractivity contribution is 0.0701. The number of nitrogens with zero attached hydrogens (tertiary/aromatic N) is 1. The number of rotatable bonds is 7. The molecule has 1 heterocycles. The van der Waals surface area contributed by atoms with Crippen LogP contribution >= 0.6 is 11.3 Å². The fourth-order valence-electron chi connectivity index (χ4n) is 2.92. The van der Waals surface area contributed by atoms with E-state index in [-0.39, 0.29) is 4.88 Å². The number of aromatic nitrogens is 1. The highest BCUT2D eigenvalue weighted by molar-refractivity contribution is 7.17. The third kappa shape index (κ3) is 4.17. The van der Waals surface area contributed by atoms with Crippen LogP contribution < -0.4 is 9.47 Å². The van der Waals surface area contributed by atoms with Crippen LogP contribution in [0.25, 0.3) is 10.6 Å². The Bertz CT molecular complexity index is 1010. The first-order valence-electron chi connectivity index (χ1n) is 9.01. The summed E-state index contributed by atoms with van der Waals surface area (Å²) in [4.78, 5) is 15.9. The maximum Gasteiger partial charge on any atom is 0.347 e. The average molecular weight is 397 g/mol. The molecular weight excluding hydrogens is 374 g/mol. The Labute approximate surface area is 168 Å². The minimum Gasteiger partial charge on any atom is -0.489 e. The standard InChI is InChI=1S/C22H23NO4S/c1-13-9-10-14(2)19(15(13)3)27-12-11-26-18-8-6-5-7-17(18)21-23-16(4)20(28-21)22(24)25/h5-10H,11-12H2,1-4H3,(H,24,25). The molecule has 0 aliphatic heterocycles. The monoisotopic (exact) mass is 397 g/mol. The minimum atomic E-state index is -0.961. The first kappa shape index (κ1) is 19.9. The molecule has 2 aromatic carbocycles. The van der Waals surface area contributed by atoms with Gasteiger partial charge in [-0.05, 0) is 56.5 Å². The van der Waals surface area contributed by atoms with E-state index in [9.17, 15) is 9.90 Å². The molecule has 0 saturated heterocycles. The number of para-hydroxylation sites is 1. The van der Waals surface area contributed by atoms with E-state index in [1.807, 2.05) is 31.2 Å². The highest BCUT2D eigenvalue weighted by Crippen LogP contribution is 2.34. The number of benzene rings is 2. The van der Waals surface area contributed by atoms with Crippen molar-refractivity contribution in [1.29, 1.82) is 0 Å². The zero-order chi connectivity index (χ0) is 20.3. The van der Waals surface area contributed by atoms with Crippen LogP contribution in [0.2, 0.25) is 0 Å². The summed E-state index contributed by atoms with van der Waals surface area (Å²) in [6, 6.07) is 11.7. The van der Waals surface area contributed by atoms with E-state index in [1.54, 1.807) is 6.92 Å². The SMILES string of the molecule is Cc1ccc(C)c(OCCOc2ccccc2-c2nc(C)c(C(=O)O)s2)c1C. The summed E-state index contributed by atoms with van der Waals surface area (Å²) in [5.74, 6) is 0.602. The molecule has 0 radical (unpaired) electrons. The topological polar surface area (TPSA) is 68.7 Å². The molecule has 5 nitrogen and oxygen atoms in total. The Balaban J connectivity index is 1.71. The van der Waals surface area contributed by atoms with Crippen molar-refractivity contribution in [3.63, 3.8) is 0 Å². The van der Waals surface area contributed by atoms with Crippen molar-refractivity contribution < 1.29 is 19.4 Å². The quantitative estimate of drug-likeness (QED) is 0.555. The van der Waals surface area contributed by atoms with Gasteiger partial charge in [0.05, 0.1) is 11.3 Å². The Kier molecular flexibility index (Phi) is 5.99. The number of ether oxygens (including phenoxy) is 2. The average Bonchev–Trinajstić information content (AvgIpc) is 3.06. The van der Waals surface area contributed by atoms with Crippen LogP contribution in [0, 0.1) is 27.7 Å². The zero-order valence-electron chi connectivity index (χ0n) is 16.4. The number of carbonyl (C=O) groups is 1. The fraction of sp³-hybridized carbons (Fsp3) is 0.273. The molecule has 0 aliphatic rings. The van der Waals surface area contributed by atoms with Gasteiger partial charge >= 0.3 is 5.97 Å². The minimum absolute atomic E-state index is 0.249. The highest BCUT2D eigenvalue weighted by atomic mass is 32.1. The molecule has 0 bridgehead atoms. The summed E-state index contributed by atoms with van der Waals surface area (Å²) in [6.07, 6.45) is 0. The first-order chi connectivity index (χ1) is 13.4. The van der Waals surface area contributed by atoms with E-state index in [0.29, 0.717) is 29.7 Å². The zero-order valence-corrected chi connectivity index (χ0v) is 17.2. The molecule has 0 unspecified atom stereocenters. The van der Waals surface area contributed by atoms with Gasteiger partial charge in [-0.1, -0.05) is 24.3 Å². The lowest BCUT2D eigenvalue weighted by Gasteiger charge is -2.15. The Morgan fingerprint density at radius 2 is 1.68 bits per heavy atom. The van der Waals surface area contributed by atoms with Crippen molar-refractivity contribution in [2.24, 2.45) is 0 Å². The van der Waals surface area contributed by atoms with Crippen LogP contribution in [-0.2, 0) is 0 Å². The Morgan fingerprint density at radius 3 is 2.39 bits per heavy atom. The third-order valence-corrected chi connectivity index (χ3v) is 5.75. The van der Waals surface area contributed by atoms with Gasteiger partial charge in [0, 0.05) is 0 Å². The number of carboxylic acid groups (broad SMARTS) is 1. The van der Waals surface area contributed by atoms with E-state index in [1.165, 1.54) is 5.56 Å². The predicted octanol–water partition coefficient (Wildman–Crippen LogP) is 5.20. The second-order valence-electron chi connectivity index (χ2n) is 6.59. The van der Waals surface area contributed by atoms with E-state index >= 15 is 0 Å². The van der Waals surface area contributed by atoms with Crippen molar-refractivity contribution >= 4 is 17.3 Å². The summed E-state index contributed by atoms with van der Waals surface area (Å²) in [6.45, 7) is 8.64. The number of hydrogen-bond acceptors (Lipinski definition) is 5. The molecule has 0 spiro atoms. The van der Waals surface area contributed by atoms with Gasteiger partial charge in [-0.2, -0.15) is 0 Å². The van der Waals surface area contributed by atoms with Gasteiger partial charge in [0.15, 0.2) is 0 Å². The Hall–Kier alpha value is -2.86. The fourth-order valence-corrected chi connectivity index (χ4v) is 3.86. The van der Waals surface area contributed by atoms with E-state index < -0.39 is 5.97 Å². The summed E-state index contributed by atoms with van der Waals surface area (Å²) in [5.41, 5.74) is 4.73. The van der Waals surface area contributed by atoms with Crippen molar-refractivity contribution in [2.75, 3.05) is 13.2 Å². The number of hydrogen-bond donors (Lipinski definition) is 1. The third-order valence-electron chi connectivity index (χ3n) is 4.57. The van der Waals surface area contributed by atoms with Gasteiger partial charge in [0.25, 0.3) is 0 Å². The molecule has 3 aromatic rings. The van der Waals surface area contributed by atoms with E-state index in [4.69, 9.17) is 9.47 Å². The maximum atomic E-state index is 11.3. The smallest absolute Gasteiger partial charge is 0.347 e. The van der Waals surface area contributed by atoms with Crippen LogP contribution in [-0.4, -0.2) is 29.3 Å². The maximum absolute atomic E-state index is 11.3. The van der Waals surface area contributed by atoms with Crippen molar-refractivity contribution in [3.05, 3.63) is 63.7 Å². The second kappa shape index (κ2) is 8.44. The number of aromatic carboxylic acids is 1. The molecule has 28 heavy (non-hydrogen) atoms. The van der Waals surface area contributed by atoms with Gasteiger partial charge in [-0.15, -0.1) is 11.3 Å². The van der Waals surface area contributed by atoms with E-state index in [2.05, 4.69) is 31.0 Å². The molecule has 1 aromatic heterocycles. The predicted molar refractivity (Wildman–Crippen MR) is 111 cm³/mol. The van der Waals surface area contributed by atoms with Gasteiger partial charge in [0.2, 0.25) is 0 Å². The lowest BCUT2D eigenvalue weighted by Crippen LogP contribution is -2.11. The molecular formula is C22H23NO4S. The van der Waals surface area contributed by atoms with Gasteiger partial charge < -0.3 is 14.6 Å². The Morgan fingerprint density at radius 1 is 1.00 bits per heavy atom. The first-order valence-corrected chi connectivity index (χ1v) is 9.82. The van der Waals surface area contributed by atoms with Crippen LogP contribution in [0.3, 0.4) is 0 Å². The van der Waals surface area contributed by atoms with Crippen molar-refractivity contribution in [1.82, 2.24) is 4.98 Å². The van der Waals surface area contributed by atoms with Gasteiger partial charge in [-0.25, -0.2) is 9.78 Å². The van der Waals surface area contributed by atoms with Crippen LogP contribution in [0.1, 0.15) is 32.1 Å². The van der Waals surface area contributed by atoms with Crippen molar-refractivity contribution in [2.45, 2.75) is 27.7 Å². The van der Waals surface area contributed by atoms with Crippen LogP contribution in [0.5, 0.6) is 11.5 Å². The lowest BCUT2D eigenvalue weighted by atomic mass is 10.1. The summed E-state index contributed by atoms with van der Waals surface area (Å²) < 4.78 is 11.9. The number of carboxylic acids is 1. The number of aryl methyl sites for hydroxylation is 3. The van der Waals surface area contributed by atoms with E-state index in [0.717, 1.165) is 33.8 Å². The molecule has 0 atom stereocenters. The summed E-state index contributed by atoms with van der Waals surface area (Å²) in [5, 5.41) is 9.90. The molecule has 146 valence electrons. The molecule has 1 N–H and O–H groups in total. The number of thiazole rings is 1. The summed E-state index contributed by atoms with van der Waals surface area (Å²) >= 11 is 1.15. The van der Waals surface area contributed by atoms with Crippen molar-refractivity contribution in [3.8, 4) is 22.1 Å². The van der Waals surface area contributed by atoms with Gasteiger partial charge in [-0.3, -0.25) is 0 Å². The molecule has 3 rings (SSSR count). The summed E-state index contributed by atoms with van der Waals surface area (Å²) in [7, 11) is 0. The largest absolute Gasteiger partial charge is 0.489 e. The molecule has 6 heteroatoms. The highest BCUT2D eigenvalue weighted by Gasteiger charge is 2.17. The molecule has 0 aliphatic carbocycles. The van der Waals surface area contributed by atoms with Crippen LogP contribution in [0.15, 0.2) is 36.4 Å². The molecule has 0 fully saturated rings. The molecule has 0 amide bonds. The van der Waals surface area contributed by atoms with Crippen LogP contribution in [0.4, 0.5) is 0 Å². The normalized spacial score (nSPS) is 10.7. The second-order valence-corrected chi connectivity index (χ2v) is 7.58. The van der Waals surface area contributed by atoms with Gasteiger partial charge in [0.1, 0.15) is 34.6 Å². The molecule has 0 saturated carbocycles.